The van der Waals surface area contributed by atoms with E-state index >= 15 is 0 Å². The van der Waals surface area contributed by atoms with Crippen LogP contribution in [-0.4, -0.2) is 38.9 Å². The monoisotopic (exact) mass is 226 g/mol. The van der Waals surface area contributed by atoms with Gasteiger partial charge in [-0.05, 0) is 24.6 Å². The average molecular weight is 226 g/mol. The van der Waals surface area contributed by atoms with Crippen LogP contribution in [0.4, 0.5) is 0 Å². The van der Waals surface area contributed by atoms with Gasteiger partial charge in [0.2, 0.25) is 0 Å². The maximum atomic E-state index is 11.0. The summed E-state index contributed by atoms with van der Waals surface area (Å²) in [6, 6.07) is 3.97. The normalized spacial score (nSPS) is 14.5. The number of benzene rings is 1. The predicted molar refractivity (Wildman–Crippen MR) is 56.2 cm³/mol. The first-order chi connectivity index (χ1) is 7.47. The molecule has 0 fully saturated rings. The Balaban J connectivity index is 3.01. The number of Topliss-reactive ketones (excluding diaryl/α,β-unsaturated/α-hetero) is 1. The molecular weight excluding hydrogens is 212 g/mol. The third-order valence-electron chi connectivity index (χ3n) is 2.29. The van der Waals surface area contributed by atoms with Crippen molar-refractivity contribution in [3.8, 4) is 5.75 Å². The topological polar surface area (TPSA) is 98.0 Å². The number of aliphatic hydroxyl groups excluding tert-OH is 3. The van der Waals surface area contributed by atoms with Crippen LogP contribution in [0.3, 0.4) is 0 Å². The van der Waals surface area contributed by atoms with Crippen LogP contribution in [0.15, 0.2) is 18.2 Å². The molecule has 88 valence electrons. The van der Waals surface area contributed by atoms with E-state index in [1.807, 2.05) is 0 Å². The summed E-state index contributed by atoms with van der Waals surface area (Å²) in [4.78, 5) is 11.0. The van der Waals surface area contributed by atoms with Crippen molar-refractivity contribution in [2.24, 2.45) is 0 Å². The SMILES string of the molecule is CC(=O)c1ccc(C(O)C(O)CO)cc1O. The molecule has 0 amide bonds. The minimum atomic E-state index is -1.32. The molecular formula is C11H14O5. The van der Waals surface area contributed by atoms with E-state index in [1.165, 1.54) is 25.1 Å². The van der Waals surface area contributed by atoms with Crippen LogP contribution in [0.2, 0.25) is 0 Å². The Bertz CT molecular complexity index is 388. The van der Waals surface area contributed by atoms with Gasteiger partial charge in [0.15, 0.2) is 5.78 Å². The van der Waals surface area contributed by atoms with Gasteiger partial charge in [0.1, 0.15) is 18.0 Å². The van der Waals surface area contributed by atoms with Crippen molar-refractivity contribution < 1.29 is 25.2 Å². The lowest BCUT2D eigenvalue weighted by Gasteiger charge is -2.16. The lowest BCUT2D eigenvalue weighted by atomic mass is 10.0. The zero-order chi connectivity index (χ0) is 12.3. The fourth-order valence-electron chi connectivity index (χ4n) is 1.35. The van der Waals surface area contributed by atoms with Crippen molar-refractivity contribution in [1.82, 2.24) is 0 Å². The Morgan fingerprint density at radius 2 is 2.00 bits per heavy atom. The van der Waals surface area contributed by atoms with Gasteiger partial charge < -0.3 is 20.4 Å². The van der Waals surface area contributed by atoms with Crippen LogP contribution in [0.25, 0.3) is 0 Å². The second kappa shape index (κ2) is 5.07. The third kappa shape index (κ3) is 2.57. The van der Waals surface area contributed by atoms with Gasteiger partial charge in [-0.1, -0.05) is 6.07 Å². The van der Waals surface area contributed by atoms with E-state index in [0.717, 1.165) is 0 Å². The molecule has 4 N–H and O–H groups in total. The number of rotatable bonds is 4. The molecule has 0 spiro atoms. The van der Waals surface area contributed by atoms with Gasteiger partial charge in [0, 0.05) is 0 Å². The highest BCUT2D eigenvalue weighted by atomic mass is 16.4. The van der Waals surface area contributed by atoms with Gasteiger partial charge in [0.25, 0.3) is 0 Å². The second-order valence-corrected chi connectivity index (χ2v) is 3.53. The Morgan fingerprint density at radius 1 is 1.38 bits per heavy atom. The van der Waals surface area contributed by atoms with E-state index in [0.29, 0.717) is 0 Å². The lowest BCUT2D eigenvalue weighted by Crippen LogP contribution is -2.22. The summed E-state index contributed by atoms with van der Waals surface area (Å²) in [5, 5.41) is 36.9. The summed E-state index contributed by atoms with van der Waals surface area (Å²) in [5.74, 6) is -0.546. The molecule has 2 atom stereocenters. The Hall–Kier alpha value is -1.43. The summed E-state index contributed by atoms with van der Waals surface area (Å²) in [7, 11) is 0. The summed E-state index contributed by atoms with van der Waals surface area (Å²) < 4.78 is 0. The van der Waals surface area contributed by atoms with Crippen molar-refractivity contribution in [3.05, 3.63) is 29.3 Å². The number of carbonyl (C=O) groups excluding carboxylic acids is 1. The van der Waals surface area contributed by atoms with Crippen LogP contribution in [-0.2, 0) is 0 Å². The molecule has 16 heavy (non-hydrogen) atoms. The fourth-order valence-corrected chi connectivity index (χ4v) is 1.35. The molecule has 0 saturated carbocycles. The van der Waals surface area contributed by atoms with E-state index in [4.69, 9.17) is 5.11 Å². The maximum absolute atomic E-state index is 11.0. The number of aliphatic hydroxyl groups is 3. The van der Waals surface area contributed by atoms with Crippen LogP contribution in [0, 0.1) is 0 Å². The largest absolute Gasteiger partial charge is 0.507 e. The maximum Gasteiger partial charge on any atom is 0.163 e. The van der Waals surface area contributed by atoms with E-state index < -0.39 is 18.8 Å². The van der Waals surface area contributed by atoms with Gasteiger partial charge in [0.05, 0.1) is 12.2 Å². The highest BCUT2D eigenvalue weighted by Gasteiger charge is 2.19. The van der Waals surface area contributed by atoms with Gasteiger partial charge in [-0.2, -0.15) is 0 Å². The third-order valence-corrected chi connectivity index (χ3v) is 2.29. The highest BCUT2D eigenvalue weighted by Crippen LogP contribution is 2.24. The smallest absolute Gasteiger partial charge is 0.163 e. The molecule has 0 aliphatic rings. The molecule has 0 aliphatic carbocycles. The molecule has 0 aliphatic heterocycles. The number of phenols is 1. The number of phenolic OH excluding ortho intramolecular Hbond substituents is 1. The molecule has 0 heterocycles. The molecule has 0 bridgehead atoms. The molecule has 1 rings (SSSR count). The van der Waals surface area contributed by atoms with Crippen LogP contribution < -0.4 is 0 Å². The number of hydrogen-bond acceptors (Lipinski definition) is 5. The number of hydrogen-bond donors (Lipinski definition) is 4. The van der Waals surface area contributed by atoms with E-state index in [1.54, 1.807) is 0 Å². The minimum absolute atomic E-state index is 0.148. The molecule has 0 saturated heterocycles. The zero-order valence-electron chi connectivity index (χ0n) is 8.79. The van der Waals surface area contributed by atoms with E-state index in [2.05, 4.69) is 0 Å². The quantitative estimate of drug-likeness (QED) is 0.541. The molecule has 2 unspecified atom stereocenters. The van der Waals surface area contributed by atoms with Crippen LogP contribution in [0.1, 0.15) is 28.9 Å². The standard InChI is InChI=1S/C11H14O5/c1-6(13)8-3-2-7(4-9(8)14)11(16)10(15)5-12/h2-4,10-12,14-16H,5H2,1H3. The fraction of sp³-hybridized carbons (Fsp3) is 0.364. The van der Waals surface area contributed by atoms with Crippen molar-refractivity contribution in [2.75, 3.05) is 6.61 Å². The number of aromatic hydroxyl groups is 1. The van der Waals surface area contributed by atoms with Crippen molar-refractivity contribution in [1.29, 1.82) is 0 Å². The molecule has 5 heteroatoms. The summed E-state index contributed by atoms with van der Waals surface area (Å²) in [6.45, 7) is 0.726. The zero-order valence-corrected chi connectivity index (χ0v) is 8.79. The predicted octanol–water partition coefficient (Wildman–Crippen LogP) is -0.0186. The Kier molecular flexibility index (Phi) is 4.00. The molecule has 1 aromatic carbocycles. The molecule has 0 radical (unpaired) electrons. The first kappa shape index (κ1) is 12.6. The van der Waals surface area contributed by atoms with Crippen molar-refractivity contribution in [2.45, 2.75) is 19.1 Å². The number of carbonyl (C=O) groups is 1. The Morgan fingerprint density at radius 3 is 2.44 bits per heavy atom. The molecule has 5 nitrogen and oxygen atoms in total. The van der Waals surface area contributed by atoms with E-state index in [-0.39, 0.29) is 22.7 Å². The summed E-state index contributed by atoms with van der Waals surface area (Å²) in [5.41, 5.74) is 0.387. The van der Waals surface area contributed by atoms with Gasteiger partial charge >= 0.3 is 0 Å². The van der Waals surface area contributed by atoms with E-state index in [9.17, 15) is 20.1 Å². The summed E-state index contributed by atoms with van der Waals surface area (Å²) in [6.07, 6.45) is -2.61. The molecule has 0 aromatic heterocycles. The first-order valence-electron chi connectivity index (χ1n) is 4.78. The van der Waals surface area contributed by atoms with Gasteiger partial charge in [-0.3, -0.25) is 4.79 Å². The Labute approximate surface area is 92.6 Å². The van der Waals surface area contributed by atoms with Crippen LogP contribution >= 0.6 is 0 Å². The summed E-state index contributed by atoms with van der Waals surface area (Å²) >= 11 is 0. The second-order valence-electron chi connectivity index (χ2n) is 3.53. The number of ketones is 1. The minimum Gasteiger partial charge on any atom is -0.507 e. The average Bonchev–Trinajstić information content (AvgIpc) is 2.26. The van der Waals surface area contributed by atoms with Crippen LogP contribution in [0.5, 0.6) is 5.75 Å². The molecule has 1 aromatic rings. The highest BCUT2D eigenvalue weighted by molar-refractivity contribution is 5.96. The van der Waals surface area contributed by atoms with Gasteiger partial charge in [-0.25, -0.2) is 0 Å². The van der Waals surface area contributed by atoms with Crippen molar-refractivity contribution >= 4 is 5.78 Å². The lowest BCUT2D eigenvalue weighted by molar-refractivity contribution is -0.0153. The first-order valence-corrected chi connectivity index (χ1v) is 4.78. The van der Waals surface area contributed by atoms with Gasteiger partial charge in [-0.15, -0.1) is 0 Å². The van der Waals surface area contributed by atoms with Crippen molar-refractivity contribution in [3.63, 3.8) is 0 Å².